The van der Waals surface area contributed by atoms with E-state index < -0.39 is 28.1 Å². The van der Waals surface area contributed by atoms with Gasteiger partial charge in [0.2, 0.25) is 0 Å². The van der Waals surface area contributed by atoms with Crippen molar-refractivity contribution in [3.05, 3.63) is 23.8 Å². The molecule has 0 unspecified atom stereocenters. The molecular formula is C15H13Cl2NO5. The Kier molecular flexibility index (Phi) is 3.77. The van der Waals surface area contributed by atoms with Gasteiger partial charge in [0.25, 0.3) is 5.91 Å². The first-order valence-corrected chi connectivity index (χ1v) is 7.63. The van der Waals surface area contributed by atoms with Gasteiger partial charge in [-0.1, -0.05) is 0 Å². The summed E-state index contributed by atoms with van der Waals surface area (Å²) in [4.78, 5) is 35.3. The van der Waals surface area contributed by atoms with E-state index >= 15 is 0 Å². The molecule has 6 nitrogen and oxygen atoms in total. The zero-order valence-corrected chi connectivity index (χ0v) is 13.7. The van der Waals surface area contributed by atoms with E-state index in [2.05, 4.69) is 5.32 Å². The molecule has 3 rings (SSSR count). The van der Waals surface area contributed by atoms with Crippen LogP contribution in [0.3, 0.4) is 0 Å². The molecule has 1 aromatic carbocycles. The van der Waals surface area contributed by atoms with E-state index in [0.717, 1.165) is 0 Å². The summed E-state index contributed by atoms with van der Waals surface area (Å²) in [6.07, 6.45) is 0.290. The number of nitrogens with one attached hydrogen (secondary N) is 1. The smallest absolute Gasteiger partial charge is 0.315 e. The van der Waals surface area contributed by atoms with E-state index in [1.807, 2.05) is 0 Å². The first-order valence-electron chi connectivity index (χ1n) is 6.88. The average molecular weight is 358 g/mol. The summed E-state index contributed by atoms with van der Waals surface area (Å²) in [6, 6.07) is 4.60. The number of anilines is 1. The Bertz CT molecular complexity index is 718. The van der Waals surface area contributed by atoms with E-state index in [4.69, 9.17) is 32.7 Å². The lowest BCUT2D eigenvalue weighted by atomic mass is 10.1. The van der Waals surface area contributed by atoms with Gasteiger partial charge in [0, 0.05) is 12.0 Å². The SMILES string of the molecule is C[C@@]1(C(=O)OCC(=O)c2ccc3c(c2)NC(=O)CO3)CC1(Cl)Cl. The Morgan fingerprint density at radius 3 is 2.74 bits per heavy atom. The van der Waals surface area contributed by atoms with Crippen LogP contribution < -0.4 is 10.1 Å². The summed E-state index contributed by atoms with van der Waals surface area (Å²) in [5, 5.41) is 2.61. The molecule has 0 radical (unpaired) electrons. The Balaban J connectivity index is 1.64. The zero-order chi connectivity index (χ0) is 16.8. The molecule has 1 heterocycles. The summed E-state index contributed by atoms with van der Waals surface area (Å²) in [5.41, 5.74) is -0.270. The van der Waals surface area contributed by atoms with Gasteiger partial charge in [-0.25, -0.2) is 0 Å². The fourth-order valence-corrected chi connectivity index (χ4v) is 2.94. The fourth-order valence-electron chi connectivity index (χ4n) is 2.25. The van der Waals surface area contributed by atoms with Gasteiger partial charge >= 0.3 is 5.97 Å². The van der Waals surface area contributed by atoms with Gasteiger partial charge < -0.3 is 14.8 Å². The molecule has 122 valence electrons. The van der Waals surface area contributed by atoms with Crippen LogP contribution in [0.2, 0.25) is 0 Å². The number of carbonyl (C=O) groups excluding carboxylic acids is 3. The van der Waals surface area contributed by atoms with Crippen LogP contribution in [0.25, 0.3) is 0 Å². The molecule has 1 aromatic rings. The van der Waals surface area contributed by atoms with E-state index in [1.54, 1.807) is 19.1 Å². The van der Waals surface area contributed by atoms with E-state index in [-0.39, 0.29) is 12.5 Å². The van der Waals surface area contributed by atoms with Crippen molar-refractivity contribution in [2.45, 2.75) is 17.7 Å². The summed E-state index contributed by atoms with van der Waals surface area (Å²) < 4.78 is 9.08. The van der Waals surface area contributed by atoms with E-state index in [0.29, 0.717) is 23.4 Å². The first-order chi connectivity index (χ1) is 10.7. The maximum absolute atomic E-state index is 12.1. The van der Waals surface area contributed by atoms with Gasteiger partial charge in [0.15, 0.2) is 19.0 Å². The molecule has 0 saturated heterocycles. The maximum Gasteiger partial charge on any atom is 0.315 e. The number of hydrogen-bond acceptors (Lipinski definition) is 5. The highest BCUT2D eigenvalue weighted by Gasteiger charge is 2.69. The second-order valence-corrected chi connectivity index (χ2v) is 7.24. The van der Waals surface area contributed by atoms with Crippen LogP contribution in [-0.2, 0) is 14.3 Å². The number of ether oxygens (including phenoxy) is 2. The summed E-state index contributed by atoms with van der Waals surface area (Å²) in [7, 11) is 0. The highest BCUT2D eigenvalue weighted by atomic mass is 35.5. The Labute approximate surface area is 142 Å². The van der Waals surface area contributed by atoms with Crippen LogP contribution in [0.4, 0.5) is 5.69 Å². The monoisotopic (exact) mass is 357 g/mol. The predicted octanol–water partition coefficient (Wildman–Crippen LogP) is 2.33. The third kappa shape index (κ3) is 2.88. The Morgan fingerprint density at radius 2 is 2.09 bits per heavy atom. The molecule has 0 bridgehead atoms. The molecule has 0 spiro atoms. The lowest BCUT2D eigenvalue weighted by molar-refractivity contribution is -0.148. The summed E-state index contributed by atoms with van der Waals surface area (Å²) in [6.45, 7) is 1.10. The van der Waals surface area contributed by atoms with E-state index in [1.165, 1.54) is 6.07 Å². The molecule has 2 aliphatic rings. The van der Waals surface area contributed by atoms with Gasteiger partial charge in [-0.15, -0.1) is 23.2 Å². The molecule has 8 heteroatoms. The van der Waals surface area contributed by atoms with Crippen LogP contribution in [0.5, 0.6) is 5.75 Å². The number of alkyl halides is 2. The molecule has 1 aliphatic heterocycles. The third-order valence-electron chi connectivity index (χ3n) is 3.98. The standard InChI is InChI=1S/C15H13Cl2NO5/c1-14(7-15(14,16)17)13(21)23-5-10(19)8-2-3-11-9(4-8)18-12(20)6-22-11/h2-4H,5-7H2,1H3,(H,18,20)/t14-/m0/s1. The number of benzene rings is 1. The molecule has 1 fully saturated rings. The Hall–Kier alpha value is -1.79. The van der Waals surface area contributed by atoms with Gasteiger partial charge in [-0.05, 0) is 25.1 Å². The number of amides is 1. The van der Waals surface area contributed by atoms with Gasteiger partial charge in [0.1, 0.15) is 15.5 Å². The van der Waals surface area contributed by atoms with Crippen molar-refractivity contribution >= 4 is 46.5 Å². The maximum atomic E-state index is 12.1. The number of rotatable bonds is 4. The third-order valence-corrected chi connectivity index (χ3v) is 5.08. The minimum absolute atomic E-state index is 0.0604. The van der Waals surface area contributed by atoms with E-state index in [9.17, 15) is 14.4 Å². The average Bonchev–Trinajstić information content (AvgIpc) is 3.03. The second-order valence-electron chi connectivity index (χ2n) is 5.76. The topological polar surface area (TPSA) is 81.7 Å². The van der Waals surface area contributed by atoms with Crippen LogP contribution in [0, 0.1) is 5.41 Å². The van der Waals surface area contributed by atoms with Crippen LogP contribution >= 0.6 is 23.2 Å². The number of ketones is 1. The quantitative estimate of drug-likeness (QED) is 0.508. The largest absolute Gasteiger partial charge is 0.482 e. The molecule has 1 amide bonds. The fraction of sp³-hybridized carbons (Fsp3) is 0.400. The van der Waals surface area contributed by atoms with Crippen LogP contribution in [0.1, 0.15) is 23.7 Å². The zero-order valence-electron chi connectivity index (χ0n) is 12.2. The molecule has 1 atom stereocenters. The normalized spacial score (nSPS) is 24.0. The van der Waals surface area contributed by atoms with Crippen LogP contribution in [0.15, 0.2) is 18.2 Å². The van der Waals surface area contributed by atoms with Crippen molar-refractivity contribution in [2.75, 3.05) is 18.5 Å². The lowest BCUT2D eigenvalue weighted by Crippen LogP contribution is -2.26. The van der Waals surface area contributed by atoms with Gasteiger partial charge in [-0.2, -0.15) is 0 Å². The highest BCUT2D eigenvalue weighted by Crippen LogP contribution is 2.64. The second kappa shape index (κ2) is 5.39. The molecule has 1 N–H and O–H groups in total. The van der Waals surface area contributed by atoms with Crippen LogP contribution in [-0.4, -0.2) is 35.2 Å². The minimum atomic E-state index is -1.14. The van der Waals surface area contributed by atoms with Crippen molar-refractivity contribution in [1.82, 2.24) is 0 Å². The van der Waals surface area contributed by atoms with Gasteiger partial charge in [0.05, 0.1) is 5.69 Å². The lowest BCUT2D eigenvalue weighted by Gasteiger charge is -2.18. The molecule has 1 saturated carbocycles. The number of Topliss-reactive ketones (excluding diaryl/α,β-unsaturated/α-hetero) is 1. The minimum Gasteiger partial charge on any atom is -0.482 e. The van der Waals surface area contributed by atoms with Gasteiger partial charge in [-0.3, -0.25) is 14.4 Å². The van der Waals surface area contributed by atoms with Crippen molar-refractivity contribution < 1.29 is 23.9 Å². The molecular weight excluding hydrogens is 345 g/mol. The summed E-state index contributed by atoms with van der Waals surface area (Å²) >= 11 is 11.8. The van der Waals surface area contributed by atoms with Crippen molar-refractivity contribution in [1.29, 1.82) is 0 Å². The van der Waals surface area contributed by atoms with Crippen molar-refractivity contribution in [2.24, 2.45) is 5.41 Å². The van der Waals surface area contributed by atoms with Crippen molar-refractivity contribution in [3.63, 3.8) is 0 Å². The van der Waals surface area contributed by atoms with Crippen molar-refractivity contribution in [3.8, 4) is 5.75 Å². The molecule has 0 aromatic heterocycles. The Morgan fingerprint density at radius 1 is 1.39 bits per heavy atom. The number of hydrogen-bond donors (Lipinski definition) is 1. The number of carbonyl (C=O) groups is 3. The highest BCUT2D eigenvalue weighted by molar-refractivity contribution is 6.53. The molecule has 1 aliphatic carbocycles. The number of halogens is 2. The molecule has 23 heavy (non-hydrogen) atoms. The number of fused-ring (bicyclic) bond motifs is 1. The summed E-state index contributed by atoms with van der Waals surface area (Å²) in [5.74, 6) is -0.820. The predicted molar refractivity (Wildman–Crippen MR) is 83.0 cm³/mol. The number of esters is 1. The first kappa shape index (κ1) is 16.1.